The van der Waals surface area contributed by atoms with Gasteiger partial charge in [-0.3, -0.25) is 4.98 Å². The van der Waals surface area contributed by atoms with Gasteiger partial charge in [-0.25, -0.2) is 0 Å². The Morgan fingerprint density at radius 2 is 2.21 bits per heavy atom. The van der Waals surface area contributed by atoms with Crippen molar-refractivity contribution in [3.8, 4) is 0 Å². The van der Waals surface area contributed by atoms with Gasteiger partial charge >= 0.3 is 0 Å². The molecule has 0 aliphatic carbocycles. The van der Waals surface area contributed by atoms with Crippen LogP contribution < -0.4 is 5.73 Å². The molecule has 2 heteroatoms. The van der Waals surface area contributed by atoms with Crippen molar-refractivity contribution in [2.75, 3.05) is 0 Å². The Morgan fingerprint density at radius 3 is 2.86 bits per heavy atom. The van der Waals surface area contributed by atoms with Crippen molar-refractivity contribution in [2.45, 2.75) is 45.1 Å². The number of hydrogen-bond donors (Lipinski definition) is 1. The van der Waals surface area contributed by atoms with Gasteiger partial charge in [-0.05, 0) is 31.4 Å². The van der Waals surface area contributed by atoms with E-state index in [0.29, 0.717) is 6.04 Å². The first-order valence-electron chi connectivity index (χ1n) is 5.48. The molecule has 78 valence electrons. The second kappa shape index (κ2) is 6.55. The van der Waals surface area contributed by atoms with Crippen LogP contribution in [0.15, 0.2) is 24.4 Å². The van der Waals surface area contributed by atoms with E-state index in [-0.39, 0.29) is 0 Å². The molecule has 0 amide bonds. The molecule has 0 fully saturated rings. The topological polar surface area (TPSA) is 38.9 Å². The first kappa shape index (κ1) is 11.2. The second-order valence-corrected chi connectivity index (χ2v) is 3.76. The van der Waals surface area contributed by atoms with Gasteiger partial charge in [-0.1, -0.05) is 25.8 Å². The van der Waals surface area contributed by atoms with Crippen molar-refractivity contribution < 1.29 is 0 Å². The van der Waals surface area contributed by atoms with Crippen LogP contribution in [0.25, 0.3) is 0 Å². The van der Waals surface area contributed by atoms with Crippen LogP contribution in [0.2, 0.25) is 0 Å². The molecule has 0 saturated carbocycles. The van der Waals surface area contributed by atoms with Crippen molar-refractivity contribution in [1.82, 2.24) is 4.98 Å². The minimum Gasteiger partial charge on any atom is -0.328 e. The maximum absolute atomic E-state index is 5.98. The summed E-state index contributed by atoms with van der Waals surface area (Å²) >= 11 is 0. The SMILES string of the molecule is CCCCC(N)CCc1ccccn1. The molecule has 1 unspecified atom stereocenters. The standard InChI is InChI=1S/C12H20N2/c1-2-3-6-11(13)8-9-12-7-4-5-10-14-12/h4-5,7,10-11H,2-3,6,8-9,13H2,1H3. The third-order valence-corrected chi connectivity index (χ3v) is 2.43. The molecule has 0 spiro atoms. The van der Waals surface area contributed by atoms with Gasteiger partial charge in [0.2, 0.25) is 0 Å². The molecule has 1 heterocycles. The molecular weight excluding hydrogens is 172 g/mol. The molecule has 1 rings (SSSR count). The zero-order valence-corrected chi connectivity index (χ0v) is 8.95. The quantitative estimate of drug-likeness (QED) is 0.752. The molecule has 0 aromatic carbocycles. The summed E-state index contributed by atoms with van der Waals surface area (Å²) in [5, 5.41) is 0. The van der Waals surface area contributed by atoms with E-state index in [2.05, 4.69) is 18.0 Å². The molecule has 0 radical (unpaired) electrons. The van der Waals surface area contributed by atoms with E-state index < -0.39 is 0 Å². The summed E-state index contributed by atoms with van der Waals surface area (Å²) in [5.41, 5.74) is 7.13. The average molecular weight is 192 g/mol. The lowest BCUT2D eigenvalue weighted by Gasteiger charge is -2.09. The monoisotopic (exact) mass is 192 g/mol. The summed E-state index contributed by atoms with van der Waals surface area (Å²) in [6.45, 7) is 2.20. The summed E-state index contributed by atoms with van der Waals surface area (Å²) in [6, 6.07) is 6.38. The Kier molecular flexibility index (Phi) is 5.23. The maximum Gasteiger partial charge on any atom is 0.0404 e. The summed E-state index contributed by atoms with van der Waals surface area (Å²) < 4.78 is 0. The summed E-state index contributed by atoms with van der Waals surface area (Å²) in [4.78, 5) is 4.28. The molecule has 1 aromatic rings. The number of hydrogen-bond acceptors (Lipinski definition) is 2. The van der Waals surface area contributed by atoms with Crippen LogP contribution in [-0.2, 0) is 6.42 Å². The number of rotatable bonds is 6. The molecule has 1 aromatic heterocycles. The Labute approximate surface area is 86.5 Å². The lowest BCUT2D eigenvalue weighted by atomic mass is 10.0. The highest BCUT2D eigenvalue weighted by atomic mass is 14.7. The van der Waals surface area contributed by atoms with Gasteiger partial charge in [0.15, 0.2) is 0 Å². The van der Waals surface area contributed by atoms with E-state index >= 15 is 0 Å². The van der Waals surface area contributed by atoms with Crippen LogP contribution in [0.3, 0.4) is 0 Å². The number of unbranched alkanes of at least 4 members (excludes halogenated alkanes) is 1. The van der Waals surface area contributed by atoms with Gasteiger partial charge in [0.25, 0.3) is 0 Å². The summed E-state index contributed by atoms with van der Waals surface area (Å²) in [6.07, 6.45) is 7.51. The molecular formula is C12H20N2. The Hall–Kier alpha value is -0.890. The van der Waals surface area contributed by atoms with Gasteiger partial charge in [-0.2, -0.15) is 0 Å². The minimum absolute atomic E-state index is 0.344. The predicted octanol–water partition coefficient (Wildman–Crippen LogP) is 2.53. The number of aryl methyl sites for hydroxylation is 1. The lowest BCUT2D eigenvalue weighted by molar-refractivity contribution is 0.538. The van der Waals surface area contributed by atoms with Crippen LogP contribution in [0, 0.1) is 0 Å². The molecule has 0 aliphatic heterocycles. The lowest BCUT2D eigenvalue weighted by Crippen LogP contribution is -2.20. The highest BCUT2D eigenvalue weighted by Gasteiger charge is 2.02. The van der Waals surface area contributed by atoms with Gasteiger partial charge in [0.05, 0.1) is 0 Å². The highest BCUT2D eigenvalue weighted by molar-refractivity contribution is 5.03. The van der Waals surface area contributed by atoms with E-state index in [4.69, 9.17) is 5.73 Å². The molecule has 2 N–H and O–H groups in total. The van der Waals surface area contributed by atoms with Crippen LogP contribution in [0.5, 0.6) is 0 Å². The Morgan fingerprint density at radius 1 is 1.36 bits per heavy atom. The highest BCUT2D eigenvalue weighted by Crippen LogP contribution is 2.06. The van der Waals surface area contributed by atoms with E-state index in [1.807, 2.05) is 18.3 Å². The van der Waals surface area contributed by atoms with Crippen LogP contribution in [-0.4, -0.2) is 11.0 Å². The first-order chi connectivity index (χ1) is 6.83. The van der Waals surface area contributed by atoms with Crippen molar-refractivity contribution in [1.29, 1.82) is 0 Å². The van der Waals surface area contributed by atoms with Gasteiger partial charge in [-0.15, -0.1) is 0 Å². The Bertz CT molecular complexity index is 233. The second-order valence-electron chi connectivity index (χ2n) is 3.76. The smallest absolute Gasteiger partial charge is 0.0404 e. The summed E-state index contributed by atoms with van der Waals surface area (Å²) in [7, 11) is 0. The number of pyridine rings is 1. The number of nitrogens with two attached hydrogens (primary N) is 1. The van der Waals surface area contributed by atoms with E-state index in [9.17, 15) is 0 Å². The maximum atomic E-state index is 5.98. The molecule has 2 nitrogen and oxygen atoms in total. The van der Waals surface area contributed by atoms with E-state index in [0.717, 1.165) is 25.0 Å². The van der Waals surface area contributed by atoms with Gasteiger partial charge in [0.1, 0.15) is 0 Å². The normalized spacial score (nSPS) is 12.7. The largest absolute Gasteiger partial charge is 0.328 e. The molecule has 14 heavy (non-hydrogen) atoms. The molecule has 0 aliphatic rings. The molecule has 0 bridgehead atoms. The van der Waals surface area contributed by atoms with Crippen LogP contribution >= 0.6 is 0 Å². The fourth-order valence-corrected chi connectivity index (χ4v) is 1.49. The fraction of sp³-hybridized carbons (Fsp3) is 0.583. The van der Waals surface area contributed by atoms with Gasteiger partial charge in [0, 0.05) is 17.9 Å². The zero-order valence-electron chi connectivity index (χ0n) is 8.95. The van der Waals surface area contributed by atoms with Crippen molar-refractivity contribution in [3.63, 3.8) is 0 Å². The van der Waals surface area contributed by atoms with E-state index in [1.54, 1.807) is 0 Å². The minimum atomic E-state index is 0.344. The number of nitrogens with zero attached hydrogens (tertiary/aromatic N) is 1. The van der Waals surface area contributed by atoms with Crippen molar-refractivity contribution in [3.05, 3.63) is 30.1 Å². The predicted molar refractivity (Wildman–Crippen MR) is 60.1 cm³/mol. The van der Waals surface area contributed by atoms with Gasteiger partial charge < -0.3 is 5.73 Å². The van der Waals surface area contributed by atoms with Crippen LogP contribution in [0.1, 0.15) is 38.3 Å². The molecule has 0 saturated heterocycles. The zero-order chi connectivity index (χ0) is 10.2. The summed E-state index contributed by atoms with van der Waals surface area (Å²) in [5.74, 6) is 0. The average Bonchev–Trinajstić information content (AvgIpc) is 2.25. The Balaban J connectivity index is 2.20. The third kappa shape index (κ3) is 4.38. The third-order valence-electron chi connectivity index (χ3n) is 2.43. The van der Waals surface area contributed by atoms with Crippen molar-refractivity contribution in [2.24, 2.45) is 5.73 Å². The van der Waals surface area contributed by atoms with Crippen LogP contribution in [0.4, 0.5) is 0 Å². The van der Waals surface area contributed by atoms with Crippen molar-refractivity contribution >= 4 is 0 Å². The molecule has 1 atom stereocenters. The number of aromatic nitrogens is 1. The van der Waals surface area contributed by atoms with E-state index in [1.165, 1.54) is 12.8 Å². The fourth-order valence-electron chi connectivity index (χ4n) is 1.49. The first-order valence-corrected chi connectivity index (χ1v) is 5.48.